The van der Waals surface area contributed by atoms with Crippen LogP contribution < -0.4 is 5.32 Å². The highest BCUT2D eigenvalue weighted by atomic mass is 35.5. The Balaban J connectivity index is 2.08. The fourth-order valence-corrected chi connectivity index (χ4v) is 3.69. The van der Waals surface area contributed by atoms with Gasteiger partial charge in [-0.1, -0.05) is 47.0 Å². The molecule has 0 aliphatic carbocycles. The Hall–Kier alpha value is -2.57. The molecule has 1 N–H and O–H groups in total. The van der Waals surface area contributed by atoms with Gasteiger partial charge in [-0.05, 0) is 18.2 Å². The summed E-state index contributed by atoms with van der Waals surface area (Å²) in [5.41, 5.74) is 1.64. The molecule has 0 bridgehead atoms. The van der Waals surface area contributed by atoms with Crippen molar-refractivity contribution in [3.8, 4) is 0 Å². The molecule has 1 fully saturated rings. The Labute approximate surface area is 150 Å². The quantitative estimate of drug-likeness (QED) is 0.851. The summed E-state index contributed by atoms with van der Waals surface area (Å²) < 4.78 is 0. The summed E-state index contributed by atoms with van der Waals surface area (Å²) in [6.45, 7) is 0.327. The second kappa shape index (κ2) is 5.75. The Morgan fingerprint density at radius 3 is 2.72 bits per heavy atom. The van der Waals surface area contributed by atoms with Crippen molar-refractivity contribution in [2.75, 3.05) is 26.0 Å². The molecule has 2 aromatic rings. The van der Waals surface area contributed by atoms with E-state index in [4.69, 9.17) is 16.4 Å². The first-order valence-corrected chi connectivity index (χ1v) is 8.27. The van der Waals surface area contributed by atoms with Gasteiger partial charge in [-0.2, -0.15) is 0 Å². The fourth-order valence-electron chi connectivity index (χ4n) is 3.52. The number of halogens is 1. The molecule has 6 nitrogen and oxygen atoms in total. The van der Waals surface area contributed by atoms with Crippen molar-refractivity contribution in [1.82, 2.24) is 9.96 Å². The zero-order valence-corrected chi connectivity index (χ0v) is 14.6. The van der Waals surface area contributed by atoms with E-state index in [1.165, 1.54) is 0 Å². The van der Waals surface area contributed by atoms with Gasteiger partial charge in [0, 0.05) is 35.9 Å². The monoisotopic (exact) mass is 356 g/mol. The van der Waals surface area contributed by atoms with E-state index >= 15 is 0 Å². The molecule has 128 valence electrons. The molecule has 0 unspecified atom stereocenters. The third-order valence-corrected chi connectivity index (χ3v) is 4.92. The summed E-state index contributed by atoms with van der Waals surface area (Å²) in [5.74, 6) is 0.699. The molecule has 1 saturated heterocycles. The van der Waals surface area contributed by atoms with Gasteiger partial charge in [-0.3, -0.25) is 9.89 Å². The molecular formula is C18H17ClN4O2. The average Bonchev–Trinajstić information content (AvgIpc) is 2.79. The van der Waals surface area contributed by atoms with Crippen molar-refractivity contribution >= 4 is 29.2 Å². The summed E-state index contributed by atoms with van der Waals surface area (Å²) in [6, 6.07) is 15.3. The molecular weight excluding hydrogens is 340 g/mol. The van der Waals surface area contributed by atoms with Crippen molar-refractivity contribution in [2.24, 2.45) is 4.99 Å². The Kier molecular flexibility index (Phi) is 3.67. The number of benzene rings is 2. The smallest absolute Gasteiger partial charge is 0.347 e. The number of fused-ring (bicyclic) bond motifs is 3. The van der Waals surface area contributed by atoms with E-state index in [1.807, 2.05) is 48.5 Å². The van der Waals surface area contributed by atoms with Gasteiger partial charge in [0.05, 0.1) is 6.54 Å². The Morgan fingerprint density at radius 2 is 2.00 bits per heavy atom. The number of aliphatic imine (C=N–C) groups is 1. The standard InChI is InChI=1S/C18H17ClN4O2/c1-20-16-11-23-18(22(2)17(24)25-23,12-6-4-3-5-7-12)14-10-13(19)8-9-15(14)21-16/h3-10H,11H2,1-2H3,(H,20,21)/t18-/m0/s1. The molecule has 2 aliphatic heterocycles. The van der Waals surface area contributed by atoms with Crippen LogP contribution in [0.2, 0.25) is 5.02 Å². The summed E-state index contributed by atoms with van der Waals surface area (Å²) in [5, 5.41) is 5.57. The first kappa shape index (κ1) is 15.9. The maximum absolute atomic E-state index is 12.5. The first-order valence-electron chi connectivity index (χ1n) is 7.89. The van der Waals surface area contributed by atoms with E-state index in [1.54, 1.807) is 24.1 Å². The summed E-state index contributed by atoms with van der Waals surface area (Å²) in [4.78, 5) is 24.0. The second-order valence-corrected chi connectivity index (χ2v) is 6.41. The van der Waals surface area contributed by atoms with Crippen LogP contribution >= 0.6 is 11.6 Å². The van der Waals surface area contributed by atoms with E-state index in [-0.39, 0.29) is 0 Å². The predicted molar refractivity (Wildman–Crippen MR) is 96.6 cm³/mol. The molecule has 1 amide bonds. The van der Waals surface area contributed by atoms with Gasteiger partial charge in [0.2, 0.25) is 0 Å². The lowest BCUT2D eigenvalue weighted by Crippen LogP contribution is -2.50. The maximum Gasteiger partial charge on any atom is 0.430 e. The fraction of sp³-hybridized carbons (Fsp3) is 0.222. The number of nitrogens with zero attached hydrogens (tertiary/aromatic N) is 3. The lowest BCUT2D eigenvalue weighted by molar-refractivity contribution is -0.119. The largest absolute Gasteiger partial charge is 0.430 e. The van der Waals surface area contributed by atoms with E-state index in [2.05, 4.69) is 10.3 Å². The topological polar surface area (TPSA) is 57.2 Å². The van der Waals surface area contributed by atoms with Gasteiger partial charge in [0.25, 0.3) is 0 Å². The molecule has 4 rings (SSSR count). The number of hydroxylamine groups is 2. The predicted octanol–water partition coefficient (Wildman–Crippen LogP) is 3.29. The molecule has 25 heavy (non-hydrogen) atoms. The lowest BCUT2D eigenvalue weighted by atomic mass is 9.88. The van der Waals surface area contributed by atoms with Gasteiger partial charge < -0.3 is 10.2 Å². The summed E-state index contributed by atoms with van der Waals surface area (Å²) >= 11 is 6.30. The van der Waals surface area contributed by atoms with Gasteiger partial charge in [-0.15, -0.1) is 0 Å². The minimum Gasteiger partial charge on any atom is -0.347 e. The number of nitrogens with one attached hydrogen (secondary N) is 1. The van der Waals surface area contributed by atoms with Gasteiger partial charge in [0.15, 0.2) is 5.66 Å². The Morgan fingerprint density at radius 1 is 1.24 bits per heavy atom. The summed E-state index contributed by atoms with van der Waals surface area (Å²) in [6.07, 6.45) is -0.424. The Bertz CT molecular complexity index is 871. The van der Waals surface area contributed by atoms with Gasteiger partial charge >= 0.3 is 6.09 Å². The van der Waals surface area contributed by atoms with E-state index in [0.29, 0.717) is 17.4 Å². The highest BCUT2D eigenvalue weighted by molar-refractivity contribution is 6.30. The molecule has 2 aliphatic rings. The number of rotatable bonds is 1. The minimum absolute atomic E-state index is 0.327. The molecule has 0 saturated carbocycles. The van der Waals surface area contributed by atoms with Crippen LogP contribution in [0.25, 0.3) is 0 Å². The van der Waals surface area contributed by atoms with Gasteiger partial charge in [0.1, 0.15) is 5.84 Å². The van der Waals surface area contributed by atoms with Crippen LogP contribution in [-0.4, -0.2) is 42.5 Å². The number of hydrogen-bond donors (Lipinski definition) is 1. The normalized spacial score (nSPS) is 24.4. The van der Waals surface area contributed by atoms with E-state index in [0.717, 1.165) is 16.8 Å². The lowest BCUT2D eigenvalue weighted by Gasteiger charge is -2.38. The number of carbonyl (C=O) groups excluding carboxylic acids is 1. The number of amides is 1. The molecule has 7 heteroatoms. The number of hydrogen-bond acceptors (Lipinski definition) is 4. The third-order valence-electron chi connectivity index (χ3n) is 4.68. The third kappa shape index (κ3) is 2.22. The van der Waals surface area contributed by atoms with Crippen LogP contribution in [0.1, 0.15) is 11.1 Å². The maximum atomic E-state index is 12.5. The number of carbonyl (C=O) groups is 1. The SMILES string of the molecule is CN=C1CN2OC(=O)N(C)[C@]2(c2ccccc2)c2cc(Cl)ccc2N1. The van der Waals surface area contributed by atoms with Crippen molar-refractivity contribution in [1.29, 1.82) is 0 Å². The van der Waals surface area contributed by atoms with Crippen molar-refractivity contribution < 1.29 is 9.63 Å². The molecule has 0 aromatic heterocycles. The van der Waals surface area contributed by atoms with Crippen LogP contribution in [0.5, 0.6) is 0 Å². The zero-order valence-electron chi connectivity index (χ0n) is 13.9. The van der Waals surface area contributed by atoms with Crippen molar-refractivity contribution in [2.45, 2.75) is 5.66 Å². The highest BCUT2D eigenvalue weighted by Gasteiger charge is 2.57. The average molecular weight is 357 g/mol. The van der Waals surface area contributed by atoms with Crippen LogP contribution in [0.3, 0.4) is 0 Å². The second-order valence-electron chi connectivity index (χ2n) is 5.98. The molecule has 0 spiro atoms. The minimum atomic E-state index is -0.933. The van der Waals surface area contributed by atoms with Crippen LogP contribution in [0.15, 0.2) is 53.5 Å². The highest BCUT2D eigenvalue weighted by Crippen LogP contribution is 2.47. The molecule has 1 atom stereocenters. The van der Waals surface area contributed by atoms with Gasteiger partial charge in [-0.25, -0.2) is 4.79 Å². The van der Waals surface area contributed by atoms with E-state index < -0.39 is 11.8 Å². The number of amidine groups is 1. The van der Waals surface area contributed by atoms with E-state index in [9.17, 15) is 4.79 Å². The van der Waals surface area contributed by atoms with Crippen LogP contribution in [0.4, 0.5) is 10.5 Å². The summed E-state index contributed by atoms with van der Waals surface area (Å²) in [7, 11) is 3.43. The van der Waals surface area contributed by atoms with Crippen LogP contribution in [-0.2, 0) is 10.5 Å². The number of anilines is 1. The first-order chi connectivity index (χ1) is 12.1. The molecule has 0 radical (unpaired) electrons. The zero-order chi connectivity index (χ0) is 17.6. The molecule has 2 aromatic carbocycles. The van der Waals surface area contributed by atoms with Crippen LogP contribution in [0, 0.1) is 0 Å². The van der Waals surface area contributed by atoms with Crippen molar-refractivity contribution in [3.63, 3.8) is 0 Å². The van der Waals surface area contributed by atoms with Crippen molar-refractivity contribution in [3.05, 3.63) is 64.7 Å². The molecule has 2 heterocycles.